The molecule has 212 valence electrons. The number of nitrogens with one attached hydrogen (secondary N) is 2. The predicted molar refractivity (Wildman–Crippen MR) is 140 cm³/mol. The van der Waals surface area contributed by atoms with E-state index in [4.69, 9.17) is 4.74 Å². The van der Waals surface area contributed by atoms with Crippen molar-refractivity contribution in [1.82, 2.24) is 24.5 Å². The van der Waals surface area contributed by atoms with Crippen molar-refractivity contribution < 1.29 is 22.3 Å². The van der Waals surface area contributed by atoms with Gasteiger partial charge in [-0.2, -0.15) is 15.2 Å². The summed E-state index contributed by atoms with van der Waals surface area (Å²) in [6, 6.07) is 3.31. The molecule has 0 radical (unpaired) electrons. The molecule has 2 aliphatic rings. The average Bonchev–Trinajstić information content (AvgIpc) is 3.21. The summed E-state index contributed by atoms with van der Waals surface area (Å²) in [6.45, 7) is 5.68. The summed E-state index contributed by atoms with van der Waals surface area (Å²) >= 11 is 0. The van der Waals surface area contributed by atoms with Crippen molar-refractivity contribution >= 4 is 23.0 Å². The lowest BCUT2D eigenvalue weighted by atomic mass is 10.0. The van der Waals surface area contributed by atoms with Crippen molar-refractivity contribution in [3.63, 3.8) is 0 Å². The van der Waals surface area contributed by atoms with Crippen LogP contribution in [0.2, 0.25) is 0 Å². The van der Waals surface area contributed by atoms with Gasteiger partial charge in [0, 0.05) is 33.6 Å². The summed E-state index contributed by atoms with van der Waals surface area (Å²) in [7, 11) is 3.27. The minimum atomic E-state index is -2.12. The van der Waals surface area contributed by atoms with Gasteiger partial charge in [0.2, 0.25) is 12.4 Å². The summed E-state index contributed by atoms with van der Waals surface area (Å²) in [5.41, 5.74) is 2.39. The number of aryl methyl sites for hydroxylation is 1. The number of aromatic nitrogens is 4. The highest BCUT2D eigenvalue weighted by molar-refractivity contribution is 5.88. The highest BCUT2D eigenvalue weighted by atomic mass is 19.3. The van der Waals surface area contributed by atoms with E-state index < -0.39 is 24.5 Å². The van der Waals surface area contributed by atoms with Crippen LogP contribution in [-0.2, 0) is 4.74 Å². The van der Waals surface area contributed by atoms with E-state index in [9.17, 15) is 13.2 Å². The van der Waals surface area contributed by atoms with Crippen LogP contribution in [0.15, 0.2) is 28.6 Å². The van der Waals surface area contributed by atoms with Gasteiger partial charge >= 0.3 is 0 Å². The fourth-order valence-corrected chi connectivity index (χ4v) is 4.46. The van der Waals surface area contributed by atoms with Gasteiger partial charge in [0.1, 0.15) is 17.4 Å². The van der Waals surface area contributed by atoms with Crippen LogP contribution in [0, 0.1) is 12.7 Å². The molecule has 2 atom stereocenters. The Morgan fingerprint density at radius 2 is 1.97 bits per heavy atom. The van der Waals surface area contributed by atoms with Gasteiger partial charge in [-0.25, -0.2) is 22.1 Å². The van der Waals surface area contributed by atoms with Crippen molar-refractivity contribution in [2.45, 2.75) is 51.4 Å². The first-order valence-electron chi connectivity index (χ1n) is 12.8. The molecule has 0 saturated carbocycles. The standard InChI is InChI=1S/C22H27F2N9O.C3H6F2/c1-12-16(30-26-3)4-5-18(27-12)19-15(24)9-33-20(19)21(25-2)29-22(31-33)28-17-6-7-32(8-14(17)23)13-10-34-11-13;1-2-3(4)5/h4-5,9,13-14,17H,6-8,10-11H2,1-3H3,(H2,25,28,29,31);3H,2H2,1H3. The van der Waals surface area contributed by atoms with Crippen LogP contribution in [0.4, 0.5) is 35.0 Å². The molecular formula is C25H33F4N9O. The van der Waals surface area contributed by atoms with E-state index in [1.165, 1.54) is 17.6 Å². The molecule has 0 bridgehead atoms. The van der Waals surface area contributed by atoms with Crippen molar-refractivity contribution in [1.29, 1.82) is 0 Å². The fraction of sp³-hybridized carbons (Fsp3) is 0.560. The van der Waals surface area contributed by atoms with Crippen LogP contribution in [-0.4, -0.2) is 89.6 Å². The summed E-state index contributed by atoms with van der Waals surface area (Å²) in [5.74, 6) is 0.154. The number of halogens is 4. The van der Waals surface area contributed by atoms with Crippen molar-refractivity contribution in [2.75, 3.05) is 51.0 Å². The highest BCUT2D eigenvalue weighted by Crippen LogP contribution is 2.34. The van der Waals surface area contributed by atoms with E-state index in [1.54, 1.807) is 33.2 Å². The number of likely N-dealkylation sites (tertiary alicyclic amines) is 1. The number of hydrogen-bond donors (Lipinski definition) is 2. The minimum Gasteiger partial charge on any atom is -0.378 e. The second-order valence-corrected chi connectivity index (χ2v) is 9.32. The van der Waals surface area contributed by atoms with Gasteiger partial charge in [-0.1, -0.05) is 6.92 Å². The van der Waals surface area contributed by atoms with Crippen LogP contribution >= 0.6 is 0 Å². The van der Waals surface area contributed by atoms with Crippen LogP contribution < -0.4 is 10.6 Å². The van der Waals surface area contributed by atoms with E-state index in [1.807, 2.05) is 0 Å². The largest absolute Gasteiger partial charge is 0.378 e. The third kappa shape index (κ3) is 6.44. The SMILES string of the molecule is CCC(F)F.CN=Nc1ccc(-c2c(F)cn3nc(NC4CCN(C5COC5)CC4F)nc(NC)c23)nc1C. The predicted octanol–water partition coefficient (Wildman–Crippen LogP) is 4.88. The summed E-state index contributed by atoms with van der Waals surface area (Å²) in [4.78, 5) is 11.2. The van der Waals surface area contributed by atoms with Crippen molar-refractivity contribution in [3.05, 3.63) is 29.8 Å². The smallest absolute Gasteiger partial charge is 0.243 e. The number of alkyl halides is 3. The Bertz CT molecular complexity index is 1300. The number of azo groups is 1. The monoisotopic (exact) mass is 551 g/mol. The second kappa shape index (κ2) is 12.6. The first kappa shape index (κ1) is 28.6. The van der Waals surface area contributed by atoms with Crippen LogP contribution in [0.25, 0.3) is 16.8 Å². The molecule has 2 N–H and O–H groups in total. The molecular weight excluding hydrogens is 518 g/mol. The molecule has 39 heavy (non-hydrogen) atoms. The summed E-state index contributed by atoms with van der Waals surface area (Å²) in [6.07, 6.45) is -1.32. The Labute approximate surface area is 223 Å². The van der Waals surface area contributed by atoms with Gasteiger partial charge in [0.05, 0.1) is 48.4 Å². The number of piperidine rings is 1. The van der Waals surface area contributed by atoms with Crippen LogP contribution in [0.5, 0.6) is 0 Å². The third-order valence-corrected chi connectivity index (χ3v) is 6.68. The minimum absolute atomic E-state index is 0.0278. The molecule has 2 fully saturated rings. The van der Waals surface area contributed by atoms with Gasteiger partial charge in [-0.15, -0.1) is 5.10 Å². The van der Waals surface area contributed by atoms with Crippen LogP contribution in [0.3, 0.4) is 0 Å². The molecule has 0 amide bonds. The zero-order valence-electron chi connectivity index (χ0n) is 22.3. The number of fused-ring (bicyclic) bond motifs is 1. The van der Waals surface area contributed by atoms with E-state index in [2.05, 4.69) is 40.8 Å². The molecule has 3 aromatic rings. The Balaban J connectivity index is 0.000000648. The Hall–Kier alpha value is -3.39. The lowest BCUT2D eigenvalue weighted by Crippen LogP contribution is -2.57. The lowest BCUT2D eigenvalue weighted by Gasteiger charge is -2.42. The Kier molecular flexibility index (Phi) is 9.28. The van der Waals surface area contributed by atoms with E-state index in [0.717, 1.165) is 6.54 Å². The van der Waals surface area contributed by atoms with Gasteiger partial charge in [-0.05, 0) is 25.5 Å². The molecule has 14 heteroatoms. The molecule has 0 aromatic carbocycles. The molecule has 2 saturated heterocycles. The van der Waals surface area contributed by atoms with Crippen molar-refractivity contribution in [3.8, 4) is 11.3 Å². The number of rotatable bonds is 7. The van der Waals surface area contributed by atoms with Crippen molar-refractivity contribution in [2.24, 2.45) is 10.2 Å². The van der Waals surface area contributed by atoms with Gasteiger partial charge < -0.3 is 15.4 Å². The molecule has 0 spiro atoms. The number of anilines is 2. The van der Waals surface area contributed by atoms with E-state index in [-0.39, 0.29) is 17.9 Å². The zero-order valence-corrected chi connectivity index (χ0v) is 22.3. The van der Waals surface area contributed by atoms with Gasteiger partial charge in [0.15, 0.2) is 11.6 Å². The molecule has 2 unspecified atom stereocenters. The number of ether oxygens (including phenoxy) is 1. The van der Waals surface area contributed by atoms with Crippen LogP contribution in [0.1, 0.15) is 25.5 Å². The number of pyridine rings is 1. The van der Waals surface area contributed by atoms with E-state index in [0.29, 0.717) is 60.6 Å². The van der Waals surface area contributed by atoms with Gasteiger partial charge in [0.25, 0.3) is 0 Å². The molecule has 5 rings (SSSR count). The molecule has 5 heterocycles. The maximum Gasteiger partial charge on any atom is 0.243 e. The molecule has 2 aliphatic heterocycles. The maximum atomic E-state index is 15.1. The molecule has 10 nitrogen and oxygen atoms in total. The Morgan fingerprint density at radius 1 is 1.23 bits per heavy atom. The Morgan fingerprint density at radius 3 is 2.54 bits per heavy atom. The number of hydrogen-bond acceptors (Lipinski definition) is 9. The first-order valence-corrected chi connectivity index (χ1v) is 12.8. The normalized spacial score (nSPS) is 20.2. The topological polar surface area (TPSA) is 104 Å². The zero-order chi connectivity index (χ0) is 28.1. The average molecular weight is 552 g/mol. The molecule has 0 aliphatic carbocycles. The van der Waals surface area contributed by atoms with Gasteiger partial charge in [-0.3, -0.25) is 9.88 Å². The first-order chi connectivity index (χ1) is 18.7. The summed E-state index contributed by atoms with van der Waals surface area (Å²) < 4.78 is 58.2. The maximum absolute atomic E-state index is 15.1. The number of nitrogens with zero attached hydrogens (tertiary/aromatic N) is 7. The quantitative estimate of drug-likeness (QED) is 0.319. The summed E-state index contributed by atoms with van der Waals surface area (Å²) in [5, 5.41) is 18.3. The fourth-order valence-electron chi connectivity index (χ4n) is 4.46. The lowest BCUT2D eigenvalue weighted by molar-refractivity contribution is -0.0794. The van der Waals surface area contributed by atoms with E-state index >= 15 is 4.39 Å². The molecule has 3 aromatic heterocycles. The second-order valence-electron chi connectivity index (χ2n) is 9.32. The highest BCUT2D eigenvalue weighted by Gasteiger charge is 2.35. The third-order valence-electron chi connectivity index (χ3n) is 6.68.